The normalized spacial score (nSPS) is 11.6. The van der Waals surface area contributed by atoms with Gasteiger partial charge in [-0.05, 0) is 26.2 Å². The molecule has 1 aromatic heterocycles. The average molecular weight is 270 g/mol. The number of halogens is 2. The van der Waals surface area contributed by atoms with E-state index in [9.17, 15) is 4.39 Å². The topological polar surface area (TPSA) is 21.1 Å². The van der Waals surface area contributed by atoms with Gasteiger partial charge in [0.1, 0.15) is 11.6 Å². The van der Waals surface area contributed by atoms with Crippen LogP contribution in [-0.2, 0) is 13.0 Å². The Kier molecular flexibility index (Phi) is 4.19. The van der Waals surface area contributed by atoms with E-state index in [2.05, 4.69) is 14.5 Å². The van der Waals surface area contributed by atoms with Gasteiger partial charge in [0.05, 0.1) is 11.0 Å². The van der Waals surface area contributed by atoms with Crippen molar-refractivity contribution in [3.63, 3.8) is 0 Å². The number of nitrogens with zero attached hydrogens (tertiary/aromatic N) is 3. The van der Waals surface area contributed by atoms with Crippen LogP contribution >= 0.6 is 11.6 Å². The first-order valence-electron chi connectivity index (χ1n) is 5.97. The lowest BCUT2D eigenvalue weighted by atomic mass is 10.3. The zero-order valence-electron chi connectivity index (χ0n) is 10.7. The fraction of sp³-hybridized carbons (Fsp3) is 0.462. The highest BCUT2D eigenvalue weighted by atomic mass is 35.5. The molecule has 0 unspecified atom stereocenters. The van der Waals surface area contributed by atoms with E-state index >= 15 is 0 Å². The minimum Gasteiger partial charge on any atom is -0.327 e. The highest BCUT2D eigenvalue weighted by Crippen LogP contribution is 2.18. The van der Waals surface area contributed by atoms with Gasteiger partial charge in [0, 0.05) is 31.5 Å². The summed E-state index contributed by atoms with van der Waals surface area (Å²) < 4.78 is 15.3. The number of hydrogen-bond acceptors (Lipinski definition) is 2. The van der Waals surface area contributed by atoms with Crippen LogP contribution in [0.2, 0.25) is 0 Å². The molecule has 0 saturated carbocycles. The highest BCUT2D eigenvalue weighted by molar-refractivity contribution is 6.17. The molecule has 2 rings (SSSR count). The van der Waals surface area contributed by atoms with Crippen LogP contribution in [-0.4, -0.2) is 41.0 Å². The van der Waals surface area contributed by atoms with E-state index in [0.717, 1.165) is 24.4 Å². The molecule has 1 heterocycles. The molecule has 98 valence electrons. The third kappa shape index (κ3) is 2.82. The first-order chi connectivity index (χ1) is 8.61. The fourth-order valence-corrected chi connectivity index (χ4v) is 2.15. The Labute approximate surface area is 111 Å². The second-order valence-electron chi connectivity index (χ2n) is 4.55. The molecule has 18 heavy (non-hydrogen) atoms. The van der Waals surface area contributed by atoms with Gasteiger partial charge in [0.15, 0.2) is 0 Å². The second kappa shape index (κ2) is 5.67. The molecule has 3 nitrogen and oxygen atoms in total. The number of likely N-dealkylation sites (N-methyl/N-ethyl adjacent to an activating group) is 1. The molecule has 0 fully saturated rings. The lowest BCUT2D eigenvalue weighted by Crippen LogP contribution is -2.19. The van der Waals surface area contributed by atoms with Crippen molar-refractivity contribution in [3.05, 3.63) is 29.8 Å². The van der Waals surface area contributed by atoms with Crippen LogP contribution in [0, 0.1) is 5.82 Å². The molecule has 0 saturated heterocycles. The summed E-state index contributed by atoms with van der Waals surface area (Å²) >= 11 is 5.79. The Morgan fingerprint density at radius 1 is 1.39 bits per heavy atom. The van der Waals surface area contributed by atoms with Crippen molar-refractivity contribution < 1.29 is 4.39 Å². The van der Waals surface area contributed by atoms with Gasteiger partial charge in [-0.15, -0.1) is 11.6 Å². The summed E-state index contributed by atoms with van der Waals surface area (Å²) in [4.78, 5) is 6.57. The summed E-state index contributed by atoms with van der Waals surface area (Å²) in [7, 11) is 4.06. The number of alkyl halides is 1. The van der Waals surface area contributed by atoms with Crippen molar-refractivity contribution in [2.75, 3.05) is 26.5 Å². The van der Waals surface area contributed by atoms with Crippen molar-refractivity contribution in [1.82, 2.24) is 14.5 Å². The summed E-state index contributed by atoms with van der Waals surface area (Å²) in [6.45, 7) is 1.75. The van der Waals surface area contributed by atoms with Crippen molar-refractivity contribution in [2.45, 2.75) is 13.0 Å². The Hall–Kier alpha value is -1.13. The molecular weight excluding hydrogens is 253 g/mol. The number of fused-ring (bicyclic) bond motifs is 1. The van der Waals surface area contributed by atoms with Crippen LogP contribution in [0.3, 0.4) is 0 Å². The fourth-order valence-electron chi connectivity index (χ4n) is 1.98. The molecule has 0 aliphatic rings. The molecule has 0 N–H and O–H groups in total. The Balaban J connectivity index is 2.41. The quantitative estimate of drug-likeness (QED) is 0.778. The maximum Gasteiger partial charge on any atom is 0.125 e. The van der Waals surface area contributed by atoms with Crippen molar-refractivity contribution >= 4 is 22.6 Å². The van der Waals surface area contributed by atoms with Crippen LogP contribution in [0.25, 0.3) is 11.0 Å². The van der Waals surface area contributed by atoms with Gasteiger partial charge in [-0.2, -0.15) is 0 Å². The third-order valence-electron chi connectivity index (χ3n) is 2.88. The number of aromatic nitrogens is 2. The second-order valence-corrected chi connectivity index (χ2v) is 4.93. The molecule has 2 aromatic rings. The van der Waals surface area contributed by atoms with Crippen LogP contribution in [0.5, 0.6) is 0 Å². The summed E-state index contributed by atoms with van der Waals surface area (Å²) in [5.41, 5.74) is 1.67. The number of imidazole rings is 1. The number of rotatable bonds is 5. The van der Waals surface area contributed by atoms with E-state index in [1.54, 1.807) is 6.07 Å². The molecule has 0 atom stereocenters. The number of benzene rings is 1. The van der Waals surface area contributed by atoms with Crippen LogP contribution in [0.1, 0.15) is 5.82 Å². The minimum absolute atomic E-state index is 0.253. The molecular formula is C13H17ClFN3. The number of aryl methyl sites for hydroxylation is 1. The van der Waals surface area contributed by atoms with E-state index in [-0.39, 0.29) is 5.82 Å². The van der Waals surface area contributed by atoms with Gasteiger partial charge >= 0.3 is 0 Å². The monoisotopic (exact) mass is 269 g/mol. The number of hydrogen-bond donors (Lipinski definition) is 0. The molecule has 0 aliphatic heterocycles. The standard InChI is InChI=1S/C13H17ClFN3/c1-17(2)7-8-18-12-4-3-10(15)9-11(12)16-13(18)5-6-14/h3-4,9H,5-8H2,1-2H3. The van der Waals surface area contributed by atoms with E-state index in [1.165, 1.54) is 12.1 Å². The van der Waals surface area contributed by atoms with Crippen molar-refractivity contribution in [3.8, 4) is 0 Å². The Bertz CT molecular complexity index is 536. The van der Waals surface area contributed by atoms with Crippen LogP contribution < -0.4 is 0 Å². The van der Waals surface area contributed by atoms with Gasteiger partial charge < -0.3 is 9.47 Å². The molecule has 1 aromatic carbocycles. The first kappa shape index (κ1) is 13.3. The molecule has 0 aliphatic carbocycles. The highest BCUT2D eigenvalue weighted by Gasteiger charge is 2.11. The smallest absolute Gasteiger partial charge is 0.125 e. The zero-order chi connectivity index (χ0) is 13.1. The lowest BCUT2D eigenvalue weighted by Gasteiger charge is -2.13. The van der Waals surface area contributed by atoms with Gasteiger partial charge in [-0.25, -0.2) is 9.37 Å². The molecule has 0 radical (unpaired) electrons. The molecule has 0 bridgehead atoms. The van der Waals surface area contributed by atoms with Crippen LogP contribution in [0.15, 0.2) is 18.2 Å². The summed E-state index contributed by atoms with van der Waals surface area (Å²) in [6.07, 6.45) is 0.700. The van der Waals surface area contributed by atoms with Gasteiger partial charge in [-0.3, -0.25) is 0 Å². The van der Waals surface area contributed by atoms with Gasteiger partial charge in [0.2, 0.25) is 0 Å². The van der Waals surface area contributed by atoms with E-state index in [0.29, 0.717) is 17.8 Å². The van der Waals surface area contributed by atoms with Gasteiger partial charge in [-0.1, -0.05) is 0 Å². The van der Waals surface area contributed by atoms with E-state index < -0.39 is 0 Å². The molecule has 0 amide bonds. The average Bonchev–Trinajstić information content (AvgIpc) is 2.63. The van der Waals surface area contributed by atoms with Crippen molar-refractivity contribution in [2.24, 2.45) is 0 Å². The maximum atomic E-state index is 13.2. The largest absolute Gasteiger partial charge is 0.327 e. The van der Waals surface area contributed by atoms with Gasteiger partial charge in [0.25, 0.3) is 0 Å². The Morgan fingerprint density at radius 2 is 2.17 bits per heavy atom. The minimum atomic E-state index is -0.253. The van der Waals surface area contributed by atoms with E-state index in [4.69, 9.17) is 11.6 Å². The summed E-state index contributed by atoms with van der Waals surface area (Å²) in [5, 5.41) is 0. The molecule has 0 spiro atoms. The maximum absolute atomic E-state index is 13.2. The van der Waals surface area contributed by atoms with E-state index in [1.807, 2.05) is 14.1 Å². The first-order valence-corrected chi connectivity index (χ1v) is 6.50. The predicted molar refractivity (Wildman–Crippen MR) is 72.7 cm³/mol. The molecule has 5 heteroatoms. The van der Waals surface area contributed by atoms with Crippen molar-refractivity contribution in [1.29, 1.82) is 0 Å². The summed E-state index contributed by atoms with van der Waals surface area (Å²) in [6, 6.07) is 4.73. The third-order valence-corrected chi connectivity index (χ3v) is 3.07. The predicted octanol–water partition coefficient (Wildman–Crippen LogP) is 2.52. The summed E-state index contributed by atoms with van der Waals surface area (Å²) in [5.74, 6) is 1.19. The Morgan fingerprint density at radius 3 is 2.83 bits per heavy atom. The zero-order valence-corrected chi connectivity index (χ0v) is 11.4. The SMILES string of the molecule is CN(C)CCn1c(CCCl)nc2cc(F)ccc21. The van der Waals surface area contributed by atoms with Crippen LogP contribution in [0.4, 0.5) is 4.39 Å². The lowest BCUT2D eigenvalue weighted by molar-refractivity contribution is 0.383.